The lowest BCUT2D eigenvalue weighted by atomic mass is 9.89. The van der Waals surface area contributed by atoms with Crippen LogP contribution in [0.2, 0.25) is 0 Å². The first-order valence-corrected chi connectivity index (χ1v) is 7.90. The SMILES string of the molecule is CCOC(=O)N1Cc2c(OC)cc(CO)c(OC)c2CC1CC. The van der Waals surface area contributed by atoms with Crippen LogP contribution in [0.4, 0.5) is 4.79 Å². The molecule has 6 nitrogen and oxygen atoms in total. The summed E-state index contributed by atoms with van der Waals surface area (Å²) in [5, 5.41) is 9.58. The molecule has 2 rings (SSSR count). The fourth-order valence-corrected chi connectivity index (χ4v) is 3.16. The molecule has 1 aromatic carbocycles. The van der Waals surface area contributed by atoms with Gasteiger partial charge in [0, 0.05) is 22.7 Å². The number of hydrogen-bond acceptors (Lipinski definition) is 5. The van der Waals surface area contributed by atoms with E-state index in [1.54, 1.807) is 32.1 Å². The average Bonchev–Trinajstić information content (AvgIpc) is 2.58. The Morgan fingerprint density at radius 2 is 2.04 bits per heavy atom. The first kappa shape index (κ1) is 17.4. The van der Waals surface area contributed by atoms with Gasteiger partial charge in [-0.15, -0.1) is 0 Å². The number of fused-ring (bicyclic) bond motifs is 1. The lowest BCUT2D eigenvalue weighted by Crippen LogP contribution is -2.44. The Balaban J connectivity index is 2.51. The molecule has 23 heavy (non-hydrogen) atoms. The average molecular weight is 323 g/mol. The van der Waals surface area contributed by atoms with Gasteiger partial charge in [-0.25, -0.2) is 4.79 Å². The summed E-state index contributed by atoms with van der Waals surface area (Å²) in [6.45, 7) is 4.49. The van der Waals surface area contributed by atoms with Crippen molar-refractivity contribution in [1.29, 1.82) is 0 Å². The van der Waals surface area contributed by atoms with Crippen LogP contribution in [0.3, 0.4) is 0 Å². The molecule has 1 heterocycles. The number of ether oxygens (including phenoxy) is 3. The summed E-state index contributed by atoms with van der Waals surface area (Å²) in [6, 6.07) is 1.81. The molecule has 6 heteroatoms. The van der Waals surface area contributed by atoms with E-state index in [1.807, 2.05) is 6.92 Å². The molecular weight excluding hydrogens is 298 g/mol. The highest BCUT2D eigenvalue weighted by atomic mass is 16.6. The smallest absolute Gasteiger partial charge is 0.410 e. The molecule has 1 N–H and O–H groups in total. The molecule has 1 atom stereocenters. The van der Waals surface area contributed by atoms with Gasteiger partial charge < -0.3 is 24.2 Å². The Labute approximate surface area is 136 Å². The molecule has 1 aromatic rings. The van der Waals surface area contributed by atoms with Crippen LogP contribution in [-0.2, 0) is 24.3 Å². The Morgan fingerprint density at radius 3 is 2.57 bits per heavy atom. The van der Waals surface area contributed by atoms with E-state index >= 15 is 0 Å². The van der Waals surface area contributed by atoms with Crippen molar-refractivity contribution >= 4 is 6.09 Å². The third-order valence-corrected chi connectivity index (χ3v) is 4.31. The van der Waals surface area contributed by atoms with Crippen LogP contribution in [-0.4, -0.2) is 43.0 Å². The van der Waals surface area contributed by atoms with Gasteiger partial charge in [0.05, 0.1) is 34.0 Å². The largest absolute Gasteiger partial charge is 0.496 e. The van der Waals surface area contributed by atoms with Crippen molar-refractivity contribution < 1.29 is 24.1 Å². The third-order valence-electron chi connectivity index (χ3n) is 4.31. The number of benzene rings is 1. The minimum absolute atomic E-state index is 0.0362. The zero-order chi connectivity index (χ0) is 17.0. The fourth-order valence-electron chi connectivity index (χ4n) is 3.16. The summed E-state index contributed by atoms with van der Waals surface area (Å²) < 4.78 is 16.2. The molecule has 1 aliphatic heterocycles. The van der Waals surface area contributed by atoms with Crippen LogP contribution in [0.1, 0.15) is 37.0 Å². The first-order valence-electron chi connectivity index (χ1n) is 7.90. The minimum atomic E-state index is -0.308. The van der Waals surface area contributed by atoms with Crippen molar-refractivity contribution in [2.45, 2.75) is 45.9 Å². The quantitative estimate of drug-likeness (QED) is 0.901. The number of carbonyl (C=O) groups excluding carboxylic acids is 1. The Kier molecular flexibility index (Phi) is 5.71. The van der Waals surface area contributed by atoms with E-state index in [2.05, 4.69) is 0 Å². The van der Waals surface area contributed by atoms with Crippen LogP contribution in [0.15, 0.2) is 6.07 Å². The zero-order valence-corrected chi connectivity index (χ0v) is 14.2. The highest BCUT2D eigenvalue weighted by Gasteiger charge is 2.34. The van der Waals surface area contributed by atoms with Crippen molar-refractivity contribution in [3.8, 4) is 11.5 Å². The zero-order valence-electron chi connectivity index (χ0n) is 14.2. The molecule has 0 saturated heterocycles. The number of nitrogens with zero attached hydrogens (tertiary/aromatic N) is 1. The highest BCUT2D eigenvalue weighted by Crippen LogP contribution is 2.40. The maximum absolute atomic E-state index is 12.2. The van der Waals surface area contributed by atoms with Gasteiger partial charge in [0.25, 0.3) is 0 Å². The number of aliphatic hydroxyl groups excluding tert-OH is 1. The molecule has 0 saturated carbocycles. The van der Waals surface area contributed by atoms with E-state index in [0.717, 1.165) is 17.5 Å². The number of amides is 1. The van der Waals surface area contributed by atoms with Crippen molar-refractivity contribution in [2.24, 2.45) is 0 Å². The van der Waals surface area contributed by atoms with E-state index < -0.39 is 0 Å². The molecule has 0 aliphatic carbocycles. The predicted molar refractivity (Wildman–Crippen MR) is 85.8 cm³/mol. The van der Waals surface area contributed by atoms with Crippen LogP contribution in [0.5, 0.6) is 11.5 Å². The molecule has 0 bridgehead atoms. The topological polar surface area (TPSA) is 68.2 Å². The highest BCUT2D eigenvalue weighted by molar-refractivity contribution is 5.69. The van der Waals surface area contributed by atoms with E-state index in [4.69, 9.17) is 14.2 Å². The van der Waals surface area contributed by atoms with E-state index in [1.165, 1.54) is 0 Å². The molecule has 128 valence electrons. The summed E-state index contributed by atoms with van der Waals surface area (Å²) in [6.07, 6.45) is 1.16. The monoisotopic (exact) mass is 323 g/mol. The van der Waals surface area contributed by atoms with Crippen molar-refractivity contribution in [3.63, 3.8) is 0 Å². The van der Waals surface area contributed by atoms with Gasteiger partial charge >= 0.3 is 6.09 Å². The van der Waals surface area contributed by atoms with Crippen LogP contribution in [0, 0.1) is 0 Å². The van der Waals surface area contributed by atoms with Gasteiger partial charge in [-0.1, -0.05) is 6.92 Å². The van der Waals surface area contributed by atoms with Crippen molar-refractivity contribution in [1.82, 2.24) is 4.90 Å². The molecule has 0 spiro atoms. The second-order valence-corrected chi connectivity index (χ2v) is 5.48. The van der Waals surface area contributed by atoms with Crippen molar-refractivity contribution in [3.05, 3.63) is 22.8 Å². The lowest BCUT2D eigenvalue weighted by Gasteiger charge is -2.37. The maximum Gasteiger partial charge on any atom is 0.410 e. The van der Waals surface area contributed by atoms with Crippen LogP contribution < -0.4 is 9.47 Å². The molecule has 1 aliphatic rings. The summed E-state index contributed by atoms with van der Waals surface area (Å²) in [5.41, 5.74) is 2.62. The van der Waals surface area contributed by atoms with Gasteiger partial charge in [-0.05, 0) is 25.8 Å². The summed E-state index contributed by atoms with van der Waals surface area (Å²) in [5.74, 6) is 1.35. The number of carbonyl (C=O) groups is 1. The van der Waals surface area contributed by atoms with E-state index in [0.29, 0.717) is 36.6 Å². The number of aliphatic hydroxyl groups is 1. The summed E-state index contributed by atoms with van der Waals surface area (Å²) in [4.78, 5) is 14.0. The van der Waals surface area contributed by atoms with E-state index in [9.17, 15) is 9.90 Å². The Hall–Kier alpha value is -1.95. The second kappa shape index (κ2) is 7.55. The summed E-state index contributed by atoms with van der Waals surface area (Å²) >= 11 is 0. The third kappa shape index (κ3) is 3.22. The second-order valence-electron chi connectivity index (χ2n) is 5.48. The van der Waals surface area contributed by atoms with Crippen LogP contribution >= 0.6 is 0 Å². The van der Waals surface area contributed by atoms with Gasteiger partial charge in [-0.3, -0.25) is 0 Å². The van der Waals surface area contributed by atoms with Crippen LogP contribution in [0.25, 0.3) is 0 Å². The maximum atomic E-state index is 12.2. The number of rotatable bonds is 5. The van der Waals surface area contributed by atoms with Gasteiger partial charge in [0.1, 0.15) is 11.5 Å². The van der Waals surface area contributed by atoms with Crippen molar-refractivity contribution in [2.75, 3.05) is 20.8 Å². The molecular formula is C17H25NO5. The molecule has 1 unspecified atom stereocenters. The van der Waals surface area contributed by atoms with Gasteiger partial charge in [-0.2, -0.15) is 0 Å². The molecule has 0 aromatic heterocycles. The Morgan fingerprint density at radius 1 is 1.30 bits per heavy atom. The molecule has 0 radical (unpaired) electrons. The number of methoxy groups -OCH3 is 2. The van der Waals surface area contributed by atoms with Gasteiger partial charge in [0.2, 0.25) is 0 Å². The van der Waals surface area contributed by atoms with Gasteiger partial charge in [0.15, 0.2) is 0 Å². The minimum Gasteiger partial charge on any atom is -0.496 e. The lowest BCUT2D eigenvalue weighted by molar-refractivity contribution is 0.0804. The fraction of sp³-hybridized carbons (Fsp3) is 0.588. The Bertz CT molecular complexity index is 573. The standard InChI is InChI=1S/C17H25NO5/c1-5-12-8-13-14(9-18(12)17(20)23-6-2)15(21-3)7-11(10-19)16(13)22-4/h7,12,19H,5-6,8-10H2,1-4H3. The molecule has 1 amide bonds. The predicted octanol–water partition coefficient (Wildman–Crippen LogP) is 2.49. The first-order chi connectivity index (χ1) is 11.1. The normalized spacial score (nSPS) is 16.7. The molecule has 0 fully saturated rings. The number of hydrogen-bond donors (Lipinski definition) is 1. The van der Waals surface area contributed by atoms with E-state index in [-0.39, 0.29) is 18.7 Å². The summed E-state index contributed by atoms with van der Waals surface area (Å²) in [7, 11) is 3.18.